The normalized spacial score (nSPS) is 17.2. The minimum atomic E-state index is -2.32. The number of ether oxygens (including phenoxy) is 1. The van der Waals surface area contributed by atoms with Crippen molar-refractivity contribution >= 4 is 17.5 Å². The van der Waals surface area contributed by atoms with Gasteiger partial charge >= 0.3 is 0 Å². The van der Waals surface area contributed by atoms with E-state index in [1.807, 2.05) is 19.9 Å². The Hall–Kier alpha value is -3.41. The maximum Gasteiger partial charge on any atom is 0.269 e. The summed E-state index contributed by atoms with van der Waals surface area (Å²) in [6.45, 7) is 4.66. The van der Waals surface area contributed by atoms with E-state index < -0.39 is 5.92 Å². The zero-order valence-electron chi connectivity index (χ0n) is 24.0. The number of imidazole rings is 1. The summed E-state index contributed by atoms with van der Waals surface area (Å²) >= 11 is 0. The molecule has 0 aromatic carbocycles. The van der Waals surface area contributed by atoms with E-state index in [1.165, 1.54) is 19.3 Å². The molecule has 3 fully saturated rings. The number of carbonyl (C=O) groups excluding carboxylic acids is 2. The zero-order valence-corrected chi connectivity index (χ0v) is 24.0. The zero-order chi connectivity index (χ0) is 29.2. The Balaban J connectivity index is 0.000000292. The fourth-order valence-corrected chi connectivity index (χ4v) is 4.06. The highest BCUT2D eigenvalue weighted by atomic mass is 19.3. The molecule has 2 N–H and O–H groups in total. The molecule has 224 valence electrons. The van der Waals surface area contributed by atoms with Gasteiger partial charge in [-0.05, 0) is 57.2 Å². The molecule has 0 unspecified atom stereocenters. The second-order valence-corrected chi connectivity index (χ2v) is 11.1. The van der Waals surface area contributed by atoms with Gasteiger partial charge in [0.2, 0.25) is 11.8 Å². The van der Waals surface area contributed by atoms with E-state index >= 15 is 0 Å². The predicted octanol–water partition coefficient (Wildman–Crippen LogP) is 4.99. The van der Waals surface area contributed by atoms with Gasteiger partial charge in [0.1, 0.15) is 12.3 Å². The van der Waals surface area contributed by atoms with Crippen LogP contribution in [0, 0.1) is 0 Å². The van der Waals surface area contributed by atoms with Gasteiger partial charge in [0.05, 0.1) is 30.7 Å². The van der Waals surface area contributed by atoms with Crippen LogP contribution >= 0.6 is 0 Å². The van der Waals surface area contributed by atoms with Crippen LogP contribution in [0.2, 0.25) is 0 Å². The molecule has 3 aliphatic rings. The van der Waals surface area contributed by atoms with Gasteiger partial charge in [-0.1, -0.05) is 25.7 Å². The van der Waals surface area contributed by atoms with Crippen LogP contribution in [0.4, 0.5) is 8.78 Å². The Morgan fingerprint density at radius 1 is 1.05 bits per heavy atom. The summed E-state index contributed by atoms with van der Waals surface area (Å²) in [6, 6.07) is 3.64. The maximum absolute atomic E-state index is 12.4. The Morgan fingerprint density at radius 3 is 2.37 bits per heavy atom. The number of carbonyl (C=O) groups is 2. The number of halogens is 2. The molecule has 0 aliphatic heterocycles. The van der Waals surface area contributed by atoms with Gasteiger partial charge in [-0.3, -0.25) is 14.3 Å². The number of alkyl halides is 2. The lowest BCUT2D eigenvalue weighted by molar-refractivity contribution is -0.126. The molecule has 2 amide bonds. The average molecular weight is 574 g/mol. The predicted molar refractivity (Wildman–Crippen MR) is 149 cm³/mol. The van der Waals surface area contributed by atoms with Crippen LogP contribution in [0.5, 0.6) is 0 Å². The van der Waals surface area contributed by atoms with Crippen LogP contribution in [0.25, 0.3) is 5.65 Å². The number of rotatable bonds is 9. The van der Waals surface area contributed by atoms with Gasteiger partial charge in [0.15, 0.2) is 5.65 Å². The molecule has 3 aromatic heterocycles. The van der Waals surface area contributed by atoms with Gasteiger partial charge < -0.3 is 15.4 Å². The van der Waals surface area contributed by atoms with Gasteiger partial charge in [-0.15, -0.1) is 0 Å². The quantitative estimate of drug-likeness (QED) is 0.373. The van der Waals surface area contributed by atoms with E-state index in [1.54, 1.807) is 33.9 Å². The molecule has 10 nitrogen and oxygen atoms in total. The number of nitrogens with zero attached hydrogens (tertiary/aromatic N) is 5. The van der Waals surface area contributed by atoms with Crippen molar-refractivity contribution in [1.82, 2.24) is 35.0 Å². The van der Waals surface area contributed by atoms with Crippen LogP contribution < -0.4 is 10.6 Å². The lowest BCUT2D eigenvalue weighted by atomic mass is 9.97. The molecule has 3 aliphatic carbocycles. The first-order chi connectivity index (χ1) is 19.7. The van der Waals surface area contributed by atoms with Gasteiger partial charge in [-0.2, -0.15) is 10.2 Å². The van der Waals surface area contributed by atoms with Crippen LogP contribution in [0.1, 0.15) is 106 Å². The summed E-state index contributed by atoms with van der Waals surface area (Å²) in [5, 5.41) is 14.2. The van der Waals surface area contributed by atoms with Crippen molar-refractivity contribution in [2.45, 2.75) is 109 Å². The van der Waals surface area contributed by atoms with E-state index in [2.05, 4.69) is 25.8 Å². The molecule has 41 heavy (non-hydrogen) atoms. The summed E-state index contributed by atoms with van der Waals surface area (Å²) in [7, 11) is 0. The van der Waals surface area contributed by atoms with E-state index in [9.17, 15) is 18.4 Å². The second kappa shape index (κ2) is 14.5. The molecule has 12 heteroatoms. The summed E-state index contributed by atoms with van der Waals surface area (Å²) in [6.07, 6.45) is 14.6. The molecule has 0 bridgehead atoms. The first kappa shape index (κ1) is 30.5. The first-order valence-corrected chi connectivity index (χ1v) is 14.6. The van der Waals surface area contributed by atoms with Crippen molar-refractivity contribution in [1.29, 1.82) is 0 Å². The number of hydrogen-bond donors (Lipinski definition) is 2. The van der Waals surface area contributed by atoms with Crippen molar-refractivity contribution in [2.24, 2.45) is 0 Å². The molecule has 0 spiro atoms. The highest BCUT2D eigenvalue weighted by Gasteiger charge is 2.30. The average Bonchev–Trinajstić information content (AvgIpc) is 3.89. The lowest BCUT2D eigenvalue weighted by Gasteiger charge is -2.20. The minimum Gasteiger partial charge on any atom is -0.368 e. The molecule has 0 atom stereocenters. The van der Waals surface area contributed by atoms with Gasteiger partial charge in [0, 0.05) is 31.6 Å². The highest BCUT2D eigenvalue weighted by molar-refractivity contribution is 5.92. The third kappa shape index (κ3) is 10.5. The summed E-state index contributed by atoms with van der Waals surface area (Å²) in [5.41, 5.74) is 2.68. The highest BCUT2D eigenvalue weighted by Crippen LogP contribution is 2.32. The van der Waals surface area contributed by atoms with Crippen molar-refractivity contribution < 1.29 is 23.1 Å². The fraction of sp³-hybridized carbons (Fsp3) is 0.621. The molecular formula is C29H41F2N7O3. The molecule has 0 saturated heterocycles. The van der Waals surface area contributed by atoms with Crippen molar-refractivity contribution in [3.05, 3.63) is 47.7 Å². The number of hydrogen-bond acceptors (Lipinski definition) is 6. The summed E-state index contributed by atoms with van der Waals surface area (Å²) in [4.78, 5) is 28.8. The van der Waals surface area contributed by atoms with Crippen LogP contribution in [0.15, 0.2) is 30.7 Å². The first-order valence-electron chi connectivity index (χ1n) is 14.6. The smallest absolute Gasteiger partial charge is 0.269 e. The Morgan fingerprint density at radius 2 is 1.76 bits per heavy atom. The van der Waals surface area contributed by atoms with Gasteiger partial charge in [0.25, 0.3) is 5.91 Å². The molecular weight excluding hydrogens is 532 g/mol. The van der Waals surface area contributed by atoms with Crippen molar-refractivity contribution in [3.8, 4) is 0 Å². The molecule has 0 radical (unpaired) electrons. The Labute approximate surface area is 239 Å². The van der Waals surface area contributed by atoms with Gasteiger partial charge in [-0.25, -0.2) is 18.3 Å². The number of amides is 2. The Kier molecular flexibility index (Phi) is 10.8. The van der Waals surface area contributed by atoms with Crippen LogP contribution in [0.3, 0.4) is 0 Å². The topological polar surface area (TPSA) is 115 Å². The van der Waals surface area contributed by atoms with Crippen molar-refractivity contribution in [3.63, 3.8) is 0 Å². The summed E-state index contributed by atoms with van der Waals surface area (Å²) in [5.74, 6) is -2.67. The number of fused-ring (bicyclic) bond motifs is 1. The van der Waals surface area contributed by atoms with Crippen LogP contribution in [-0.4, -0.2) is 54.8 Å². The number of nitrogens with one attached hydrogen (secondary N) is 2. The SMILES string of the molecule is C1CC1.CC(C)n1nccc1C(=O)NCc1cn2ncc(CNC(=O)COC3CC3)cc2n1.FC1(F)CCCCC1. The second-order valence-electron chi connectivity index (χ2n) is 11.1. The molecule has 3 aromatic rings. The van der Waals surface area contributed by atoms with E-state index in [0.717, 1.165) is 24.8 Å². The maximum atomic E-state index is 12.4. The monoisotopic (exact) mass is 573 g/mol. The number of aromatic nitrogens is 5. The standard InChI is InChI=1S/C20H25N7O3.C6H10F2.C3H6/c1-13(2)27-17(5-6-23-27)20(29)22-10-15-11-26-18(25-15)7-14(9-24-26)8-21-19(28)12-30-16-3-4-16;7-6(8)4-2-1-3-5-6;1-2-3-1/h5-7,9,11,13,16H,3-4,8,10,12H2,1-2H3,(H,21,28)(H,22,29);1-5H2;1-3H2. The van der Waals surface area contributed by atoms with Crippen LogP contribution in [-0.2, 0) is 22.6 Å². The molecule has 3 saturated carbocycles. The van der Waals surface area contributed by atoms with Crippen molar-refractivity contribution in [2.75, 3.05) is 6.61 Å². The summed E-state index contributed by atoms with van der Waals surface area (Å²) < 4.78 is 33.1. The molecule has 6 rings (SSSR count). The largest absolute Gasteiger partial charge is 0.368 e. The van der Waals surface area contributed by atoms with E-state index in [-0.39, 0.29) is 50.0 Å². The lowest BCUT2D eigenvalue weighted by Crippen LogP contribution is -2.27. The molecule has 3 heterocycles. The third-order valence-corrected chi connectivity index (χ3v) is 6.65. The van der Waals surface area contributed by atoms with E-state index in [0.29, 0.717) is 36.4 Å². The minimum absolute atomic E-state index is 0.0866. The van der Waals surface area contributed by atoms with E-state index in [4.69, 9.17) is 4.74 Å². The fourth-order valence-electron chi connectivity index (χ4n) is 4.06. The Bertz CT molecular complexity index is 1270. The third-order valence-electron chi connectivity index (χ3n) is 6.65.